The molecule has 2 nitrogen and oxygen atoms in total. The SMILES string of the molecule is COc1cc(C#N)cc(I)c1S. The van der Waals surface area contributed by atoms with Crippen LogP contribution in [-0.4, -0.2) is 7.11 Å². The Morgan fingerprint density at radius 2 is 2.25 bits per heavy atom. The van der Waals surface area contributed by atoms with Gasteiger partial charge in [0.15, 0.2) is 0 Å². The number of thiol groups is 1. The van der Waals surface area contributed by atoms with Gasteiger partial charge in [-0.2, -0.15) is 5.26 Å². The van der Waals surface area contributed by atoms with Crippen LogP contribution >= 0.6 is 35.2 Å². The fourth-order valence-corrected chi connectivity index (χ4v) is 1.62. The number of hydrogen-bond acceptors (Lipinski definition) is 3. The van der Waals surface area contributed by atoms with Crippen molar-refractivity contribution in [2.24, 2.45) is 0 Å². The van der Waals surface area contributed by atoms with Crippen LogP contribution in [0.5, 0.6) is 5.75 Å². The van der Waals surface area contributed by atoms with E-state index in [1.54, 1.807) is 19.2 Å². The lowest BCUT2D eigenvalue weighted by Crippen LogP contribution is -1.88. The topological polar surface area (TPSA) is 33.0 Å². The first-order chi connectivity index (χ1) is 5.69. The molecule has 0 aliphatic carbocycles. The molecule has 62 valence electrons. The van der Waals surface area contributed by atoms with Crippen molar-refractivity contribution in [1.29, 1.82) is 5.26 Å². The third-order valence-electron chi connectivity index (χ3n) is 1.38. The highest BCUT2D eigenvalue weighted by Gasteiger charge is 2.05. The first-order valence-corrected chi connectivity index (χ1v) is 4.68. The Labute approximate surface area is 90.1 Å². The molecule has 0 fully saturated rings. The summed E-state index contributed by atoms with van der Waals surface area (Å²) in [5.41, 5.74) is 0.592. The minimum atomic E-state index is 0.592. The van der Waals surface area contributed by atoms with Gasteiger partial charge in [-0.1, -0.05) is 0 Å². The molecule has 1 aromatic rings. The summed E-state index contributed by atoms with van der Waals surface area (Å²) in [5.74, 6) is 0.641. The van der Waals surface area contributed by atoms with Gasteiger partial charge in [0.05, 0.1) is 23.6 Å². The first-order valence-electron chi connectivity index (χ1n) is 3.15. The van der Waals surface area contributed by atoms with Gasteiger partial charge in [-0.05, 0) is 34.7 Å². The monoisotopic (exact) mass is 291 g/mol. The highest BCUT2D eigenvalue weighted by molar-refractivity contribution is 14.1. The molecule has 0 aromatic heterocycles. The van der Waals surface area contributed by atoms with Crippen LogP contribution in [0.4, 0.5) is 0 Å². The van der Waals surface area contributed by atoms with E-state index in [9.17, 15) is 0 Å². The zero-order valence-corrected chi connectivity index (χ0v) is 9.39. The fourth-order valence-electron chi connectivity index (χ4n) is 0.794. The molecule has 0 N–H and O–H groups in total. The molecule has 0 aliphatic rings. The van der Waals surface area contributed by atoms with Crippen molar-refractivity contribution in [2.45, 2.75) is 4.90 Å². The van der Waals surface area contributed by atoms with E-state index in [0.29, 0.717) is 11.3 Å². The Hall–Kier alpha value is -0.410. The van der Waals surface area contributed by atoms with E-state index in [1.807, 2.05) is 0 Å². The highest BCUT2D eigenvalue weighted by atomic mass is 127. The lowest BCUT2D eigenvalue weighted by atomic mass is 10.2. The van der Waals surface area contributed by atoms with Crippen molar-refractivity contribution in [2.75, 3.05) is 7.11 Å². The number of nitrogens with zero attached hydrogens (tertiary/aromatic N) is 1. The molecule has 0 heterocycles. The standard InChI is InChI=1S/C8H6INOS/c1-11-7-3-5(4-10)2-6(9)8(7)12/h2-3,12H,1H3. The van der Waals surface area contributed by atoms with Crippen LogP contribution < -0.4 is 4.74 Å². The predicted molar refractivity (Wildman–Crippen MR) is 57.7 cm³/mol. The van der Waals surface area contributed by atoms with E-state index < -0.39 is 0 Å². The Kier molecular flexibility index (Phi) is 3.23. The summed E-state index contributed by atoms with van der Waals surface area (Å²) in [7, 11) is 1.56. The minimum Gasteiger partial charge on any atom is -0.496 e. The second-order valence-electron chi connectivity index (χ2n) is 2.12. The molecule has 4 heteroatoms. The summed E-state index contributed by atoms with van der Waals surface area (Å²) in [4.78, 5) is 0.775. The van der Waals surface area contributed by atoms with Crippen LogP contribution in [0.3, 0.4) is 0 Å². The number of hydrogen-bond donors (Lipinski definition) is 1. The number of halogens is 1. The van der Waals surface area contributed by atoms with Crippen molar-refractivity contribution < 1.29 is 4.74 Å². The van der Waals surface area contributed by atoms with Gasteiger partial charge in [0.2, 0.25) is 0 Å². The number of benzene rings is 1. The highest BCUT2D eigenvalue weighted by Crippen LogP contribution is 2.28. The Morgan fingerprint density at radius 1 is 1.58 bits per heavy atom. The lowest BCUT2D eigenvalue weighted by molar-refractivity contribution is 0.404. The first kappa shape index (κ1) is 9.68. The Morgan fingerprint density at radius 3 is 2.75 bits per heavy atom. The van der Waals surface area contributed by atoms with Crippen molar-refractivity contribution in [3.8, 4) is 11.8 Å². The Balaban J connectivity index is 3.31. The molecular formula is C8H6INOS. The van der Waals surface area contributed by atoms with Crippen LogP contribution in [0.25, 0.3) is 0 Å². The number of ether oxygens (including phenoxy) is 1. The molecule has 0 aliphatic heterocycles. The van der Waals surface area contributed by atoms with E-state index in [-0.39, 0.29) is 0 Å². The maximum Gasteiger partial charge on any atom is 0.134 e. The van der Waals surface area contributed by atoms with Gasteiger partial charge < -0.3 is 4.74 Å². The summed E-state index contributed by atoms with van der Waals surface area (Å²) in [6.07, 6.45) is 0. The minimum absolute atomic E-state index is 0.592. The third kappa shape index (κ3) is 1.84. The second kappa shape index (κ2) is 4.01. The number of rotatable bonds is 1. The maximum absolute atomic E-state index is 8.64. The second-order valence-corrected chi connectivity index (χ2v) is 3.73. The van der Waals surface area contributed by atoms with Crippen LogP contribution in [0.2, 0.25) is 0 Å². The fraction of sp³-hybridized carbons (Fsp3) is 0.125. The molecule has 1 aromatic carbocycles. The molecule has 0 radical (unpaired) electrons. The van der Waals surface area contributed by atoms with Crippen molar-refractivity contribution in [3.05, 3.63) is 21.3 Å². The molecule has 0 saturated heterocycles. The summed E-state index contributed by atoms with van der Waals surface area (Å²) in [6, 6.07) is 5.49. The molecule has 0 bridgehead atoms. The molecule has 0 saturated carbocycles. The maximum atomic E-state index is 8.64. The van der Waals surface area contributed by atoms with Gasteiger partial charge >= 0.3 is 0 Å². The van der Waals surface area contributed by atoms with E-state index in [1.165, 1.54) is 0 Å². The number of methoxy groups -OCH3 is 1. The summed E-state index contributed by atoms with van der Waals surface area (Å²) in [5, 5.41) is 8.64. The largest absolute Gasteiger partial charge is 0.496 e. The van der Waals surface area contributed by atoms with Gasteiger partial charge in [0.1, 0.15) is 5.75 Å². The van der Waals surface area contributed by atoms with Crippen LogP contribution in [0.1, 0.15) is 5.56 Å². The van der Waals surface area contributed by atoms with E-state index >= 15 is 0 Å². The van der Waals surface area contributed by atoms with Crippen LogP contribution in [0.15, 0.2) is 17.0 Å². The van der Waals surface area contributed by atoms with Crippen molar-refractivity contribution >= 4 is 35.2 Å². The number of nitriles is 1. The van der Waals surface area contributed by atoms with Crippen molar-refractivity contribution in [3.63, 3.8) is 0 Å². The lowest BCUT2D eigenvalue weighted by Gasteiger charge is -2.05. The summed E-state index contributed by atoms with van der Waals surface area (Å²) >= 11 is 6.35. The smallest absolute Gasteiger partial charge is 0.134 e. The predicted octanol–water partition coefficient (Wildman–Crippen LogP) is 2.46. The van der Waals surface area contributed by atoms with Crippen LogP contribution in [-0.2, 0) is 0 Å². The van der Waals surface area contributed by atoms with Gasteiger partial charge in [-0.25, -0.2) is 0 Å². The molecule has 0 unspecified atom stereocenters. The van der Waals surface area contributed by atoms with Gasteiger partial charge in [-0.15, -0.1) is 12.6 Å². The summed E-state index contributed by atoms with van der Waals surface area (Å²) < 4.78 is 5.96. The average molecular weight is 291 g/mol. The molecular weight excluding hydrogens is 285 g/mol. The van der Waals surface area contributed by atoms with Gasteiger partial charge in [-0.3, -0.25) is 0 Å². The van der Waals surface area contributed by atoms with E-state index in [0.717, 1.165) is 8.47 Å². The molecule has 1 rings (SSSR count). The van der Waals surface area contributed by atoms with Crippen molar-refractivity contribution in [1.82, 2.24) is 0 Å². The zero-order chi connectivity index (χ0) is 9.14. The van der Waals surface area contributed by atoms with Crippen LogP contribution in [0, 0.1) is 14.9 Å². The average Bonchev–Trinajstić information content (AvgIpc) is 2.09. The molecule has 12 heavy (non-hydrogen) atoms. The Bertz CT molecular complexity index is 346. The molecule has 0 atom stereocenters. The van der Waals surface area contributed by atoms with Gasteiger partial charge in [0.25, 0.3) is 0 Å². The molecule has 0 spiro atoms. The quantitative estimate of drug-likeness (QED) is 0.637. The van der Waals surface area contributed by atoms with E-state index in [2.05, 4.69) is 41.3 Å². The van der Waals surface area contributed by atoms with E-state index in [4.69, 9.17) is 10.00 Å². The normalized spacial score (nSPS) is 9.17. The zero-order valence-electron chi connectivity index (χ0n) is 6.34. The molecule has 0 amide bonds. The van der Waals surface area contributed by atoms with Gasteiger partial charge in [0, 0.05) is 3.57 Å². The third-order valence-corrected chi connectivity index (χ3v) is 3.12. The summed E-state index contributed by atoms with van der Waals surface area (Å²) in [6.45, 7) is 0.